The number of nitrogen functional groups attached to an aromatic ring is 1. The molecule has 0 heterocycles. The average molecular weight is 222 g/mol. The van der Waals surface area contributed by atoms with Gasteiger partial charge in [-0.1, -0.05) is 6.07 Å². The van der Waals surface area contributed by atoms with Crippen molar-refractivity contribution in [2.75, 3.05) is 11.5 Å². The normalized spacial score (nSPS) is 12.0. The van der Waals surface area contributed by atoms with Crippen LogP contribution in [0.15, 0.2) is 23.1 Å². The molecule has 4 heteroatoms. The Hall–Kier alpha value is -1.34. The van der Waals surface area contributed by atoms with Gasteiger partial charge in [-0.2, -0.15) is 5.26 Å². The second-order valence-corrected chi connectivity index (χ2v) is 4.89. The van der Waals surface area contributed by atoms with E-state index < -0.39 is 10.8 Å². The molecule has 0 spiro atoms. The second-order valence-electron chi connectivity index (χ2n) is 3.35. The lowest BCUT2D eigenvalue weighted by Gasteiger charge is -2.05. The van der Waals surface area contributed by atoms with Crippen molar-refractivity contribution in [3.63, 3.8) is 0 Å². The zero-order valence-corrected chi connectivity index (χ0v) is 9.51. The Morgan fingerprint density at radius 1 is 1.53 bits per heavy atom. The number of nitrogens with zero attached hydrogens (tertiary/aromatic N) is 1. The molecule has 80 valence electrons. The van der Waals surface area contributed by atoms with E-state index in [1.807, 2.05) is 25.1 Å². The van der Waals surface area contributed by atoms with E-state index >= 15 is 0 Å². The molecule has 0 aliphatic carbocycles. The monoisotopic (exact) mass is 222 g/mol. The Labute approximate surface area is 92.4 Å². The fourth-order valence-corrected chi connectivity index (χ4v) is 2.44. The molecule has 0 bridgehead atoms. The van der Waals surface area contributed by atoms with Gasteiger partial charge in [-0.15, -0.1) is 0 Å². The molecule has 0 fully saturated rings. The number of anilines is 1. The van der Waals surface area contributed by atoms with Crippen LogP contribution in [0.3, 0.4) is 0 Å². The summed E-state index contributed by atoms with van der Waals surface area (Å²) in [5.74, 6) is 0.501. The van der Waals surface area contributed by atoms with Crippen molar-refractivity contribution in [2.24, 2.45) is 0 Å². The van der Waals surface area contributed by atoms with E-state index in [0.29, 0.717) is 29.2 Å². The van der Waals surface area contributed by atoms with E-state index in [1.165, 1.54) is 0 Å². The summed E-state index contributed by atoms with van der Waals surface area (Å²) in [5, 5.41) is 8.37. The molecule has 0 aliphatic rings. The lowest BCUT2D eigenvalue weighted by molar-refractivity contribution is 0.681. The highest BCUT2D eigenvalue weighted by Crippen LogP contribution is 2.18. The molecule has 1 aromatic carbocycles. The predicted molar refractivity (Wildman–Crippen MR) is 61.7 cm³/mol. The van der Waals surface area contributed by atoms with Crippen LogP contribution >= 0.6 is 0 Å². The summed E-state index contributed by atoms with van der Waals surface area (Å²) in [6.07, 6.45) is 1.09. The van der Waals surface area contributed by atoms with Gasteiger partial charge >= 0.3 is 0 Å². The zero-order chi connectivity index (χ0) is 11.3. The van der Waals surface area contributed by atoms with Gasteiger partial charge in [0, 0.05) is 17.9 Å². The molecule has 1 atom stereocenters. The smallest absolute Gasteiger partial charge is 0.0622 e. The Kier molecular flexibility index (Phi) is 4.32. The quantitative estimate of drug-likeness (QED) is 0.625. The molecule has 1 rings (SSSR count). The van der Waals surface area contributed by atoms with Crippen LogP contribution in [0.2, 0.25) is 0 Å². The fourth-order valence-electron chi connectivity index (χ4n) is 1.27. The van der Waals surface area contributed by atoms with Crippen LogP contribution in [0.25, 0.3) is 0 Å². The largest absolute Gasteiger partial charge is 0.398 e. The molecule has 1 aromatic rings. The maximum absolute atomic E-state index is 11.8. The number of nitrogens with two attached hydrogens (primary N) is 1. The van der Waals surface area contributed by atoms with Gasteiger partial charge in [0.15, 0.2) is 0 Å². The first kappa shape index (κ1) is 11.7. The summed E-state index contributed by atoms with van der Waals surface area (Å²) in [7, 11) is -1.08. The first-order valence-electron chi connectivity index (χ1n) is 4.76. The number of hydrogen-bond acceptors (Lipinski definition) is 3. The molecule has 0 amide bonds. The highest BCUT2D eigenvalue weighted by atomic mass is 32.2. The van der Waals surface area contributed by atoms with E-state index in [2.05, 4.69) is 0 Å². The van der Waals surface area contributed by atoms with Gasteiger partial charge in [-0.3, -0.25) is 4.21 Å². The van der Waals surface area contributed by atoms with E-state index in [9.17, 15) is 4.21 Å². The number of rotatable bonds is 4. The number of hydrogen-bond donors (Lipinski definition) is 1. The van der Waals surface area contributed by atoms with Crippen LogP contribution in [0.5, 0.6) is 0 Å². The van der Waals surface area contributed by atoms with E-state index in [1.54, 1.807) is 6.07 Å². The molecule has 2 N–H and O–H groups in total. The minimum atomic E-state index is -1.08. The molecular formula is C11H14N2OS. The Balaban J connectivity index is 2.70. The molecule has 0 saturated heterocycles. The maximum atomic E-state index is 11.8. The Morgan fingerprint density at radius 3 is 2.87 bits per heavy atom. The molecule has 0 radical (unpaired) electrons. The number of benzene rings is 1. The zero-order valence-electron chi connectivity index (χ0n) is 8.69. The molecule has 0 aliphatic heterocycles. The lowest BCUT2D eigenvalue weighted by Crippen LogP contribution is -2.02. The van der Waals surface area contributed by atoms with E-state index in [4.69, 9.17) is 11.0 Å². The maximum Gasteiger partial charge on any atom is 0.0622 e. The fraction of sp³-hybridized carbons (Fsp3) is 0.364. The molecule has 0 aromatic heterocycles. The Bertz CT molecular complexity index is 410. The second kappa shape index (κ2) is 5.52. The van der Waals surface area contributed by atoms with Crippen LogP contribution < -0.4 is 5.73 Å². The van der Waals surface area contributed by atoms with Gasteiger partial charge in [-0.25, -0.2) is 0 Å². The van der Waals surface area contributed by atoms with Crippen molar-refractivity contribution in [3.8, 4) is 6.07 Å². The summed E-state index contributed by atoms with van der Waals surface area (Å²) >= 11 is 0. The minimum absolute atomic E-state index is 0.442. The average Bonchev–Trinajstić information content (AvgIpc) is 2.17. The first-order chi connectivity index (χ1) is 7.15. The van der Waals surface area contributed by atoms with Gasteiger partial charge in [0.25, 0.3) is 0 Å². The summed E-state index contributed by atoms with van der Waals surface area (Å²) in [4.78, 5) is 0.679. The van der Waals surface area contributed by atoms with Crippen LogP contribution in [-0.4, -0.2) is 9.96 Å². The van der Waals surface area contributed by atoms with Gasteiger partial charge in [-0.05, 0) is 31.0 Å². The third-order valence-electron chi connectivity index (χ3n) is 2.03. The van der Waals surface area contributed by atoms with Crippen LogP contribution in [0.1, 0.15) is 18.4 Å². The van der Waals surface area contributed by atoms with Crippen molar-refractivity contribution in [2.45, 2.75) is 24.7 Å². The van der Waals surface area contributed by atoms with Crippen molar-refractivity contribution in [1.82, 2.24) is 0 Å². The molecule has 3 nitrogen and oxygen atoms in total. The van der Waals surface area contributed by atoms with E-state index in [-0.39, 0.29) is 0 Å². The third-order valence-corrected chi connectivity index (χ3v) is 3.55. The third kappa shape index (κ3) is 3.37. The summed E-state index contributed by atoms with van der Waals surface area (Å²) in [5.41, 5.74) is 7.40. The highest BCUT2D eigenvalue weighted by Gasteiger charge is 2.07. The van der Waals surface area contributed by atoms with Gasteiger partial charge < -0.3 is 5.73 Å². The van der Waals surface area contributed by atoms with Gasteiger partial charge in [0.1, 0.15) is 0 Å². The summed E-state index contributed by atoms with van der Waals surface area (Å²) < 4.78 is 11.8. The van der Waals surface area contributed by atoms with Gasteiger partial charge in [0.2, 0.25) is 0 Å². The SMILES string of the molecule is Cc1ccc(S(=O)CCCC#N)c(N)c1. The van der Waals surface area contributed by atoms with Crippen molar-refractivity contribution >= 4 is 16.5 Å². The molecular weight excluding hydrogens is 208 g/mol. The highest BCUT2D eigenvalue weighted by molar-refractivity contribution is 7.85. The van der Waals surface area contributed by atoms with Crippen molar-refractivity contribution < 1.29 is 4.21 Å². The number of nitriles is 1. The predicted octanol–water partition coefficient (Wildman–Crippen LogP) is 1.99. The van der Waals surface area contributed by atoms with Gasteiger partial charge in [0.05, 0.1) is 21.8 Å². The number of unbranched alkanes of at least 4 members (excludes halogenated alkanes) is 1. The molecule has 0 saturated carbocycles. The Morgan fingerprint density at radius 2 is 2.27 bits per heavy atom. The standard InChI is InChI=1S/C11H14N2OS/c1-9-4-5-11(10(13)8-9)15(14)7-3-2-6-12/h4-5,8H,2-3,7,13H2,1H3. The first-order valence-corrected chi connectivity index (χ1v) is 6.08. The minimum Gasteiger partial charge on any atom is -0.398 e. The lowest BCUT2D eigenvalue weighted by atomic mass is 10.2. The molecule has 15 heavy (non-hydrogen) atoms. The topological polar surface area (TPSA) is 66.9 Å². The molecule has 1 unspecified atom stereocenters. The number of aryl methyl sites for hydroxylation is 1. The van der Waals surface area contributed by atoms with Crippen molar-refractivity contribution in [3.05, 3.63) is 23.8 Å². The van der Waals surface area contributed by atoms with E-state index in [0.717, 1.165) is 5.56 Å². The van der Waals surface area contributed by atoms with Crippen LogP contribution in [0.4, 0.5) is 5.69 Å². The summed E-state index contributed by atoms with van der Waals surface area (Å²) in [6, 6.07) is 7.55. The summed E-state index contributed by atoms with van der Waals surface area (Å²) in [6.45, 7) is 1.94. The van der Waals surface area contributed by atoms with Crippen LogP contribution in [-0.2, 0) is 10.8 Å². The van der Waals surface area contributed by atoms with Crippen LogP contribution in [0, 0.1) is 18.3 Å². The van der Waals surface area contributed by atoms with Crippen molar-refractivity contribution in [1.29, 1.82) is 5.26 Å².